The minimum Gasteiger partial charge on any atom is -0.377 e. The van der Waals surface area contributed by atoms with Crippen molar-refractivity contribution in [1.29, 1.82) is 0 Å². The van der Waals surface area contributed by atoms with Crippen LogP contribution in [0.3, 0.4) is 0 Å². The van der Waals surface area contributed by atoms with Crippen molar-refractivity contribution in [3.63, 3.8) is 0 Å². The molecule has 1 amide bonds. The van der Waals surface area contributed by atoms with E-state index in [1.165, 1.54) is 11.1 Å². The van der Waals surface area contributed by atoms with Crippen LogP contribution in [0.25, 0.3) is 11.4 Å². The molecule has 1 unspecified atom stereocenters. The monoisotopic (exact) mass is 429 g/mol. The van der Waals surface area contributed by atoms with Gasteiger partial charge in [-0.3, -0.25) is 4.79 Å². The highest BCUT2D eigenvalue weighted by molar-refractivity contribution is 5.98. The molecule has 0 saturated carbocycles. The van der Waals surface area contributed by atoms with Crippen molar-refractivity contribution in [2.75, 3.05) is 19.8 Å². The maximum atomic E-state index is 13.7. The first kappa shape index (κ1) is 20.1. The third-order valence-electron chi connectivity index (χ3n) is 5.57. The second kappa shape index (κ2) is 8.72. The molecule has 4 aromatic rings. The normalized spacial score (nSPS) is 16.3. The number of nitrogens with zero attached hydrogens (tertiary/aromatic N) is 7. The Balaban J connectivity index is 1.43. The molecule has 1 saturated heterocycles. The van der Waals surface area contributed by atoms with Crippen LogP contribution < -0.4 is 0 Å². The number of rotatable bonds is 5. The number of carbonyl (C=O) groups excluding carboxylic acids is 1. The van der Waals surface area contributed by atoms with E-state index < -0.39 is 0 Å². The smallest absolute Gasteiger partial charge is 0.256 e. The van der Waals surface area contributed by atoms with Crippen molar-refractivity contribution in [2.24, 2.45) is 0 Å². The number of aromatic nitrogens is 6. The quantitative estimate of drug-likeness (QED) is 0.483. The summed E-state index contributed by atoms with van der Waals surface area (Å²) >= 11 is 0. The predicted molar refractivity (Wildman–Crippen MR) is 117 cm³/mol. The average molecular weight is 429 g/mol. The van der Waals surface area contributed by atoms with E-state index in [4.69, 9.17) is 4.74 Å². The molecule has 2 aromatic heterocycles. The molecule has 162 valence electrons. The lowest BCUT2D eigenvalue weighted by Gasteiger charge is -2.36. The minimum atomic E-state index is -0.0822. The first-order chi connectivity index (χ1) is 15.7. The van der Waals surface area contributed by atoms with Gasteiger partial charge >= 0.3 is 0 Å². The molecule has 1 fully saturated rings. The molecule has 1 atom stereocenters. The molecule has 9 nitrogen and oxygen atoms in total. The summed E-state index contributed by atoms with van der Waals surface area (Å²) in [6.45, 7) is 3.51. The van der Waals surface area contributed by atoms with E-state index >= 15 is 0 Å². The van der Waals surface area contributed by atoms with Crippen molar-refractivity contribution in [3.8, 4) is 11.4 Å². The van der Waals surface area contributed by atoms with Gasteiger partial charge in [0.25, 0.3) is 5.91 Å². The van der Waals surface area contributed by atoms with E-state index in [-0.39, 0.29) is 11.9 Å². The molecule has 2 aromatic carbocycles. The van der Waals surface area contributed by atoms with E-state index in [0.717, 1.165) is 16.8 Å². The molecule has 0 radical (unpaired) electrons. The van der Waals surface area contributed by atoms with E-state index in [9.17, 15) is 4.79 Å². The molecule has 0 N–H and O–H groups in total. The van der Waals surface area contributed by atoms with Gasteiger partial charge in [0.1, 0.15) is 12.7 Å². The van der Waals surface area contributed by atoms with Gasteiger partial charge in [-0.15, -0.1) is 0 Å². The molecule has 0 spiro atoms. The highest BCUT2D eigenvalue weighted by Gasteiger charge is 2.30. The van der Waals surface area contributed by atoms with E-state index in [0.29, 0.717) is 37.4 Å². The van der Waals surface area contributed by atoms with Gasteiger partial charge in [0.15, 0.2) is 0 Å². The second-order valence-corrected chi connectivity index (χ2v) is 7.78. The molecule has 0 aliphatic carbocycles. The van der Waals surface area contributed by atoms with E-state index in [2.05, 4.69) is 32.4 Å². The van der Waals surface area contributed by atoms with Gasteiger partial charge in [0.05, 0.1) is 48.6 Å². The summed E-state index contributed by atoms with van der Waals surface area (Å²) in [5, 5.41) is 12.6. The fourth-order valence-electron chi connectivity index (χ4n) is 4.02. The lowest BCUT2D eigenvalue weighted by Crippen LogP contribution is -2.50. The summed E-state index contributed by atoms with van der Waals surface area (Å²) in [7, 11) is 0. The van der Waals surface area contributed by atoms with E-state index in [1.54, 1.807) is 23.4 Å². The van der Waals surface area contributed by atoms with Gasteiger partial charge in [0, 0.05) is 6.54 Å². The van der Waals surface area contributed by atoms with Gasteiger partial charge in [-0.1, -0.05) is 23.8 Å². The third kappa shape index (κ3) is 4.02. The summed E-state index contributed by atoms with van der Waals surface area (Å²) in [5.41, 5.74) is 4.30. The highest BCUT2D eigenvalue weighted by atomic mass is 16.5. The predicted octanol–water partition coefficient (Wildman–Crippen LogP) is 2.24. The van der Waals surface area contributed by atoms with Crippen LogP contribution in [-0.2, 0) is 11.2 Å². The molecule has 0 bridgehead atoms. The maximum Gasteiger partial charge on any atom is 0.256 e. The summed E-state index contributed by atoms with van der Waals surface area (Å²) < 4.78 is 7.47. The van der Waals surface area contributed by atoms with Crippen molar-refractivity contribution in [1.82, 2.24) is 34.7 Å². The SMILES string of the molecule is Cc1ccc(-n2nccn2)c(C(=O)N2CCOCC2Cc2cccc(-n3cncn3)c2)c1. The molecular weight excluding hydrogens is 406 g/mol. The fraction of sp³-hybridized carbons (Fsp3) is 0.261. The molecule has 9 heteroatoms. The molecule has 1 aliphatic heterocycles. The molecule has 32 heavy (non-hydrogen) atoms. The Kier molecular flexibility index (Phi) is 5.47. The van der Waals surface area contributed by atoms with Gasteiger partial charge < -0.3 is 9.64 Å². The number of amides is 1. The Bertz CT molecular complexity index is 1210. The van der Waals surface area contributed by atoms with Gasteiger partial charge in [-0.05, 0) is 43.2 Å². The standard InChI is InChI=1S/C23H23N7O2/c1-17-5-6-22(30-25-7-8-26-30)21(11-17)23(31)28-9-10-32-14-20(28)13-18-3-2-4-19(12-18)29-16-24-15-27-29/h2-8,11-12,15-16,20H,9-10,13-14H2,1H3. The Morgan fingerprint density at radius 2 is 2.00 bits per heavy atom. The summed E-state index contributed by atoms with van der Waals surface area (Å²) in [6, 6.07) is 13.8. The summed E-state index contributed by atoms with van der Waals surface area (Å²) in [4.78, 5) is 21.1. The first-order valence-corrected chi connectivity index (χ1v) is 10.5. The summed E-state index contributed by atoms with van der Waals surface area (Å²) in [5.74, 6) is -0.0401. The van der Waals surface area contributed by atoms with Gasteiger partial charge in [-0.25, -0.2) is 9.67 Å². The zero-order chi connectivity index (χ0) is 21.9. The van der Waals surface area contributed by atoms with Crippen LogP contribution in [0.2, 0.25) is 0 Å². The Labute approximate surface area is 185 Å². The number of aryl methyl sites for hydroxylation is 1. The van der Waals surface area contributed by atoms with Crippen LogP contribution in [0.4, 0.5) is 0 Å². The Hall–Kier alpha value is -3.85. The van der Waals surface area contributed by atoms with E-state index in [1.807, 2.05) is 42.2 Å². The van der Waals surface area contributed by atoms with Crippen molar-refractivity contribution in [3.05, 3.63) is 84.2 Å². The van der Waals surface area contributed by atoms with Crippen LogP contribution in [-0.4, -0.2) is 66.4 Å². The zero-order valence-corrected chi connectivity index (χ0v) is 17.7. The number of hydrogen-bond donors (Lipinski definition) is 0. The van der Waals surface area contributed by atoms with Crippen molar-refractivity contribution in [2.45, 2.75) is 19.4 Å². The van der Waals surface area contributed by atoms with Crippen molar-refractivity contribution >= 4 is 5.91 Å². The van der Waals surface area contributed by atoms with Crippen LogP contribution in [0.1, 0.15) is 21.5 Å². The second-order valence-electron chi connectivity index (χ2n) is 7.78. The highest BCUT2D eigenvalue weighted by Crippen LogP contribution is 2.22. The number of benzene rings is 2. The van der Waals surface area contributed by atoms with Crippen LogP contribution in [0.15, 0.2) is 67.5 Å². The Morgan fingerprint density at radius 3 is 2.81 bits per heavy atom. The van der Waals surface area contributed by atoms with Crippen LogP contribution >= 0.6 is 0 Å². The number of hydrogen-bond acceptors (Lipinski definition) is 6. The lowest BCUT2D eigenvalue weighted by atomic mass is 10.0. The van der Waals surface area contributed by atoms with Gasteiger partial charge in [-0.2, -0.15) is 20.1 Å². The van der Waals surface area contributed by atoms with Gasteiger partial charge in [0.2, 0.25) is 0 Å². The van der Waals surface area contributed by atoms with Crippen LogP contribution in [0.5, 0.6) is 0 Å². The lowest BCUT2D eigenvalue weighted by molar-refractivity contribution is -0.00165. The minimum absolute atomic E-state index is 0.0401. The Morgan fingerprint density at radius 1 is 1.12 bits per heavy atom. The molecule has 5 rings (SSSR count). The summed E-state index contributed by atoms with van der Waals surface area (Å²) in [6.07, 6.45) is 7.06. The first-order valence-electron chi connectivity index (χ1n) is 10.5. The third-order valence-corrected chi connectivity index (χ3v) is 5.57. The largest absolute Gasteiger partial charge is 0.377 e. The number of morpholine rings is 1. The average Bonchev–Trinajstić information content (AvgIpc) is 3.54. The van der Waals surface area contributed by atoms with Crippen LogP contribution in [0, 0.1) is 6.92 Å². The topological polar surface area (TPSA) is 91.0 Å². The number of carbonyl (C=O) groups is 1. The van der Waals surface area contributed by atoms with Crippen molar-refractivity contribution < 1.29 is 9.53 Å². The molecular formula is C23H23N7O2. The zero-order valence-electron chi connectivity index (χ0n) is 17.7. The molecule has 1 aliphatic rings. The number of ether oxygens (including phenoxy) is 1. The molecule has 3 heterocycles. The maximum absolute atomic E-state index is 13.7. The fourth-order valence-corrected chi connectivity index (χ4v) is 4.02.